The largest absolute Gasteiger partial charge is 0.497 e. The number of nitrogens with zero attached hydrogens (tertiary/aromatic N) is 1. The molecule has 2 aromatic rings. The second-order valence-electron chi connectivity index (χ2n) is 5.95. The molecule has 1 fully saturated rings. The number of hydrogen-bond acceptors (Lipinski definition) is 5. The first-order valence-corrected chi connectivity index (χ1v) is 9.68. The van der Waals surface area contributed by atoms with Crippen LogP contribution in [0.1, 0.15) is 24.3 Å². The summed E-state index contributed by atoms with van der Waals surface area (Å²) in [7, 11) is 3.16. The van der Waals surface area contributed by atoms with Crippen molar-refractivity contribution in [3.8, 4) is 11.5 Å². The average Bonchev–Trinajstić information content (AvgIpc) is 3.08. The minimum Gasteiger partial charge on any atom is -0.497 e. The van der Waals surface area contributed by atoms with Crippen LogP contribution in [0.2, 0.25) is 0 Å². The molecule has 0 bridgehead atoms. The molecule has 1 N–H and O–H groups in total. The van der Waals surface area contributed by atoms with Gasteiger partial charge in [0, 0.05) is 23.7 Å². The van der Waals surface area contributed by atoms with Gasteiger partial charge in [0.15, 0.2) is 0 Å². The molecule has 0 aromatic heterocycles. The average molecular weight is 386 g/mol. The Balaban J connectivity index is 2.05. The van der Waals surface area contributed by atoms with Gasteiger partial charge in [0.25, 0.3) is 0 Å². The Morgan fingerprint density at radius 3 is 2.70 bits per heavy atom. The maximum Gasteiger partial charge on any atom is 0.238 e. The van der Waals surface area contributed by atoms with Gasteiger partial charge in [0.1, 0.15) is 16.9 Å². The summed E-state index contributed by atoms with van der Waals surface area (Å²) >= 11 is 1.52. The Labute approximate surface area is 162 Å². The van der Waals surface area contributed by atoms with Crippen LogP contribution in [0.25, 0.3) is 0 Å². The van der Waals surface area contributed by atoms with E-state index in [2.05, 4.69) is 5.32 Å². The number of rotatable bonds is 6. The zero-order valence-electron chi connectivity index (χ0n) is 15.5. The van der Waals surface area contributed by atoms with Gasteiger partial charge >= 0.3 is 0 Å². The first-order chi connectivity index (χ1) is 13.1. The molecule has 1 heterocycles. The van der Waals surface area contributed by atoms with Gasteiger partial charge in [-0.15, -0.1) is 11.8 Å². The fourth-order valence-electron chi connectivity index (χ4n) is 2.96. The van der Waals surface area contributed by atoms with Crippen LogP contribution in [0, 0.1) is 0 Å². The molecule has 0 aliphatic carbocycles. The van der Waals surface area contributed by atoms with Crippen molar-refractivity contribution >= 4 is 35.0 Å². The molecular formula is C20H22N2O4S. The molecule has 2 amide bonds. The lowest BCUT2D eigenvalue weighted by molar-refractivity contribution is -0.116. The van der Waals surface area contributed by atoms with Crippen molar-refractivity contribution in [2.75, 3.05) is 30.2 Å². The van der Waals surface area contributed by atoms with Gasteiger partial charge in [0.05, 0.1) is 25.7 Å². The summed E-state index contributed by atoms with van der Waals surface area (Å²) in [6, 6.07) is 12.9. The Morgan fingerprint density at radius 2 is 2.00 bits per heavy atom. The normalized spacial score (nSPS) is 16.3. The highest BCUT2D eigenvalue weighted by atomic mass is 32.2. The van der Waals surface area contributed by atoms with Crippen LogP contribution >= 0.6 is 11.8 Å². The van der Waals surface area contributed by atoms with E-state index in [1.54, 1.807) is 44.2 Å². The predicted octanol–water partition coefficient (Wildman–Crippen LogP) is 3.83. The summed E-state index contributed by atoms with van der Waals surface area (Å²) in [5.74, 6) is 1.49. The zero-order chi connectivity index (χ0) is 19.4. The SMILES string of the molecule is CCC(=O)Nc1ccccc1C1SCC(=O)N1c1cc(OC)ccc1OC. The summed E-state index contributed by atoms with van der Waals surface area (Å²) in [6.45, 7) is 1.80. The summed E-state index contributed by atoms with van der Waals surface area (Å²) < 4.78 is 10.8. The highest BCUT2D eigenvalue weighted by Gasteiger charge is 2.37. The van der Waals surface area contributed by atoms with Crippen molar-refractivity contribution in [3.63, 3.8) is 0 Å². The number of carbonyl (C=O) groups excluding carboxylic acids is 2. The van der Waals surface area contributed by atoms with Gasteiger partial charge in [-0.05, 0) is 18.2 Å². The Bertz CT molecular complexity index is 856. The summed E-state index contributed by atoms with van der Waals surface area (Å²) in [6.07, 6.45) is 0.387. The molecule has 1 unspecified atom stereocenters. The second-order valence-corrected chi connectivity index (χ2v) is 7.02. The third-order valence-electron chi connectivity index (χ3n) is 4.34. The van der Waals surface area contributed by atoms with Crippen molar-refractivity contribution < 1.29 is 19.1 Å². The number of benzene rings is 2. The molecule has 142 valence electrons. The molecule has 1 saturated heterocycles. The van der Waals surface area contributed by atoms with Gasteiger partial charge in [-0.2, -0.15) is 0 Å². The minimum absolute atomic E-state index is 0.0202. The Morgan fingerprint density at radius 1 is 1.22 bits per heavy atom. The smallest absolute Gasteiger partial charge is 0.238 e. The van der Waals surface area contributed by atoms with Crippen LogP contribution < -0.4 is 19.7 Å². The molecule has 7 heteroatoms. The van der Waals surface area contributed by atoms with E-state index in [1.807, 2.05) is 24.3 Å². The molecule has 0 saturated carbocycles. The fourth-order valence-corrected chi connectivity index (χ4v) is 4.17. The summed E-state index contributed by atoms with van der Waals surface area (Å²) in [4.78, 5) is 26.4. The van der Waals surface area contributed by atoms with E-state index in [4.69, 9.17) is 9.47 Å². The number of hydrogen-bond donors (Lipinski definition) is 1. The summed E-state index contributed by atoms with van der Waals surface area (Å²) in [5, 5.41) is 2.66. The van der Waals surface area contributed by atoms with Crippen molar-refractivity contribution in [1.82, 2.24) is 0 Å². The highest BCUT2D eigenvalue weighted by molar-refractivity contribution is 8.00. The molecule has 6 nitrogen and oxygen atoms in total. The first-order valence-electron chi connectivity index (χ1n) is 8.63. The summed E-state index contributed by atoms with van der Waals surface area (Å²) in [5.41, 5.74) is 2.23. The molecule has 27 heavy (non-hydrogen) atoms. The van der Waals surface area contributed by atoms with Crippen LogP contribution in [0.5, 0.6) is 11.5 Å². The van der Waals surface area contributed by atoms with Gasteiger partial charge in [-0.1, -0.05) is 25.1 Å². The Hall–Kier alpha value is -2.67. The van der Waals surface area contributed by atoms with E-state index < -0.39 is 0 Å². The monoisotopic (exact) mass is 386 g/mol. The zero-order valence-corrected chi connectivity index (χ0v) is 16.3. The van der Waals surface area contributed by atoms with E-state index in [0.717, 1.165) is 5.56 Å². The third kappa shape index (κ3) is 3.88. The first kappa shape index (κ1) is 19.1. The molecule has 0 radical (unpaired) electrons. The number of anilines is 2. The molecule has 0 spiro atoms. The molecule has 2 aromatic carbocycles. The molecule has 1 aliphatic heterocycles. The van der Waals surface area contributed by atoms with Crippen LogP contribution in [0.4, 0.5) is 11.4 Å². The van der Waals surface area contributed by atoms with Gasteiger partial charge < -0.3 is 14.8 Å². The van der Waals surface area contributed by atoms with Crippen LogP contribution in [-0.2, 0) is 9.59 Å². The van der Waals surface area contributed by atoms with Gasteiger partial charge in [-0.25, -0.2) is 0 Å². The fraction of sp³-hybridized carbons (Fsp3) is 0.300. The minimum atomic E-state index is -0.271. The van der Waals surface area contributed by atoms with Crippen LogP contribution in [-0.4, -0.2) is 31.8 Å². The maximum absolute atomic E-state index is 12.7. The second kappa shape index (κ2) is 8.35. The molecule has 3 rings (SSSR count). The number of para-hydroxylation sites is 1. The van der Waals surface area contributed by atoms with Crippen LogP contribution in [0.15, 0.2) is 42.5 Å². The Kier molecular flexibility index (Phi) is 5.91. The lowest BCUT2D eigenvalue weighted by atomic mass is 10.1. The molecule has 1 aliphatic rings. The lowest BCUT2D eigenvalue weighted by Crippen LogP contribution is -2.29. The van der Waals surface area contributed by atoms with E-state index in [0.29, 0.717) is 35.0 Å². The van der Waals surface area contributed by atoms with Crippen LogP contribution in [0.3, 0.4) is 0 Å². The molecule has 1 atom stereocenters. The highest BCUT2D eigenvalue weighted by Crippen LogP contribution is 2.47. The molecular weight excluding hydrogens is 364 g/mol. The number of nitrogens with one attached hydrogen (secondary N) is 1. The van der Waals surface area contributed by atoms with Gasteiger partial charge in [-0.3, -0.25) is 14.5 Å². The number of carbonyl (C=O) groups is 2. The number of thioether (sulfide) groups is 1. The quantitative estimate of drug-likeness (QED) is 0.817. The lowest BCUT2D eigenvalue weighted by Gasteiger charge is -2.27. The van der Waals surface area contributed by atoms with E-state index in [9.17, 15) is 9.59 Å². The van der Waals surface area contributed by atoms with Crippen molar-refractivity contribution in [1.29, 1.82) is 0 Å². The van der Waals surface area contributed by atoms with E-state index in [1.165, 1.54) is 11.8 Å². The number of amides is 2. The third-order valence-corrected chi connectivity index (χ3v) is 5.53. The number of ether oxygens (including phenoxy) is 2. The number of methoxy groups -OCH3 is 2. The van der Waals surface area contributed by atoms with E-state index in [-0.39, 0.29) is 17.2 Å². The maximum atomic E-state index is 12.7. The topological polar surface area (TPSA) is 67.9 Å². The van der Waals surface area contributed by atoms with Crippen molar-refractivity contribution in [2.45, 2.75) is 18.7 Å². The van der Waals surface area contributed by atoms with Gasteiger partial charge in [0.2, 0.25) is 11.8 Å². The van der Waals surface area contributed by atoms with E-state index >= 15 is 0 Å². The predicted molar refractivity (Wildman–Crippen MR) is 108 cm³/mol. The van der Waals surface area contributed by atoms with Crippen molar-refractivity contribution in [2.24, 2.45) is 0 Å². The standard InChI is InChI=1S/C20H22N2O4S/c1-4-18(23)21-15-8-6-5-7-14(15)20-22(19(24)12-27-20)16-11-13(25-2)9-10-17(16)26-3/h5-11,20H,4,12H2,1-3H3,(H,21,23). The van der Waals surface area contributed by atoms with Crippen molar-refractivity contribution in [3.05, 3.63) is 48.0 Å².